The van der Waals surface area contributed by atoms with Gasteiger partial charge in [-0.3, -0.25) is 19.8 Å². The second-order valence-corrected chi connectivity index (χ2v) is 7.66. The molecule has 1 aliphatic rings. The summed E-state index contributed by atoms with van der Waals surface area (Å²) in [4.78, 5) is 27.7. The van der Waals surface area contributed by atoms with Crippen LogP contribution in [0.15, 0.2) is 42.5 Å². The van der Waals surface area contributed by atoms with Gasteiger partial charge >= 0.3 is 0 Å². The first kappa shape index (κ1) is 22.0. The smallest absolute Gasteiger partial charge is 0.270 e. The van der Waals surface area contributed by atoms with Crippen LogP contribution in [0.3, 0.4) is 0 Å². The Morgan fingerprint density at radius 3 is 2.60 bits per heavy atom. The fraction of sp³-hybridized carbons (Fsp3) is 0.381. The van der Waals surface area contributed by atoms with Crippen LogP contribution >= 0.6 is 11.6 Å². The van der Waals surface area contributed by atoms with Crippen molar-refractivity contribution in [3.05, 3.63) is 68.7 Å². The lowest BCUT2D eigenvalue weighted by molar-refractivity contribution is -0.384. The molecule has 160 valence electrons. The molecule has 0 bridgehead atoms. The number of carbonyl (C=O) groups is 1. The van der Waals surface area contributed by atoms with Gasteiger partial charge in [-0.15, -0.1) is 0 Å². The average Bonchev–Trinajstić information content (AvgIpc) is 2.75. The largest absolute Gasteiger partial charge is 0.379 e. The number of ether oxygens (including phenoxy) is 1. The van der Waals surface area contributed by atoms with E-state index in [2.05, 4.69) is 10.2 Å². The van der Waals surface area contributed by atoms with Crippen LogP contribution in [0.1, 0.15) is 22.0 Å². The van der Waals surface area contributed by atoms with Crippen molar-refractivity contribution in [3.63, 3.8) is 0 Å². The minimum atomic E-state index is -0.503. The maximum absolute atomic E-state index is 13.0. The summed E-state index contributed by atoms with van der Waals surface area (Å²) in [7, 11) is 3.58. The lowest BCUT2D eigenvalue weighted by Gasteiger charge is -2.35. The zero-order valence-corrected chi connectivity index (χ0v) is 17.8. The number of nitro benzene ring substituents is 1. The second-order valence-electron chi connectivity index (χ2n) is 7.25. The van der Waals surface area contributed by atoms with Gasteiger partial charge in [0.1, 0.15) is 0 Å². The first-order chi connectivity index (χ1) is 14.4. The molecule has 1 heterocycles. The summed E-state index contributed by atoms with van der Waals surface area (Å²) in [5, 5.41) is 14.8. The summed E-state index contributed by atoms with van der Waals surface area (Å²) in [6.45, 7) is 3.00. The minimum Gasteiger partial charge on any atom is -0.379 e. The molecular formula is C21H25ClN4O4. The van der Waals surface area contributed by atoms with Crippen molar-refractivity contribution >= 4 is 28.9 Å². The molecule has 1 fully saturated rings. The summed E-state index contributed by atoms with van der Waals surface area (Å²) in [5.41, 5.74) is 1.67. The minimum absolute atomic E-state index is 0.124. The highest BCUT2D eigenvalue weighted by molar-refractivity contribution is 6.31. The van der Waals surface area contributed by atoms with Gasteiger partial charge < -0.3 is 15.0 Å². The lowest BCUT2D eigenvalue weighted by atomic mass is 10.0. The standard InChI is InChI=1S/C21H25ClN4O4/c1-24(2)19-8-7-15(26(28)29)13-17(19)21(27)23-14-20(25-9-11-30-12-10-25)16-5-3-4-6-18(16)22/h3-8,13,20H,9-12,14H2,1-2H3,(H,23,27). The maximum atomic E-state index is 13.0. The molecule has 30 heavy (non-hydrogen) atoms. The molecule has 8 nitrogen and oxygen atoms in total. The van der Waals surface area contributed by atoms with Crippen molar-refractivity contribution in [1.82, 2.24) is 10.2 Å². The number of nitrogens with one attached hydrogen (secondary N) is 1. The van der Waals surface area contributed by atoms with E-state index in [0.29, 0.717) is 30.5 Å². The molecule has 1 aliphatic heterocycles. The van der Waals surface area contributed by atoms with Gasteiger partial charge in [0.15, 0.2) is 0 Å². The number of benzene rings is 2. The predicted molar refractivity (Wildman–Crippen MR) is 116 cm³/mol. The third-order valence-corrected chi connectivity index (χ3v) is 5.47. The van der Waals surface area contributed by atoms with Crippen molar-refractivity contribution in [2.24, 2.45) is 0 Å². The first-order valence-electron chi connectivity index (χ1n) is 9.68. The number of hydrogen-bond acceptors (Lipinski definition) is 6. The molecule has 1 N–H and O–H groups in total. The quantitative estimate of drug-likeness (QED) is 0.534. The van der Waals surface area contributed by atoms with Crippen LogP contribution in [0, 0.1) is 10.1 Å². The number of amides is 1. The van der Waals surface area contributed by atoms with E-state index in [4.69, 9.17) is 16.3 Å². The molecule has 1 saturated heterocycles. The van der Waals surface area contributed by atoms with Gasteiger partial charge in [-0.2, -0.15) is 0 Å². The molecule has 1 unspecified atom stereocenters. The second kappa shape index (κ2) is 9.88. The van der Waals surface area contributed by atoms with Crippen LogP contribution < -0.4 is 10.2 Å². The van der Waals surface area contributed by atoms with Crippen molar-refractivity contribution in [2.45, 2.75) is 6.04 Å². The lowest BCUT2D eigenvalue weighted by Crippen LogP contribution is -2.44. The fourth-order valence-corrected chi connectivity index (χ4v) is 3.83. The molecule has 9 heteroatoms. The number of nitro groups is 1. The van der Waals surface area contributed by atoms with Crippen molar-refractivity contribution in [2.75, 3.05) is 51.8 Å². The maximum Gasteiger partial charge on any atom is 0.270 e. The zero-order chi connectivity index (χ0) is 21.7. The topological polar surface area (TPSA) is 87.9 Å². The van der Waals surface area contributed by atoms with E-state index in [1.807, 2.05) is 24.3 Å². The van der Waals surface area contributed by atoms with Gasteiger partial charge in [-0.05, 0) is 17.7 Å². The molecule has 2 aromatic carbocycles. The number of non-ortho nitro benzene ring substituents is 1. The summed E-state index contributed by atoms with van der Waals surface area (Å²) in [6, 6.07) is 11.7. The van der Waals surface area contributed by atoms with E-state index in [1.54, 1.807) is 25.1 Å². The fourth-order valence-electron chi connectivity index (χ4n) is 3.56. The van der Waals surface area contributed by atoms with E-state index in [1.165, 1.54) is 12.1 Å². The molecule has 0 radical (unpaired) electrons. The third-order valence-electron chi connectivity index (χ3n) is 5.12. The van der Waals surface area contributed by atoms with Gasteiger partial charge in [-0.1, -0.05) is 29.8 Å². The molecule has 3 rings (SSSR count). The Morgan fingerprint density at radius 1 is 1.27 bits per heavy atom. The van der Waals surface area contributed by atoms with E-state index < -0.39 is 4.92 Å². The predicted octanol–water partition coefficient (Wildman–Crippen LogP) is 3.12. The number of halogens is 1. The molecular weight excluding hydrogens is 408 g/mol. The normalized spacial score (nSPS) is 15.4. The van der Waals surface area contributed by atoms with Gasteiger partial charge in [0.05, 0.1) is 29.7 Å². The Kier molecular flexibility index (Phi) is 7.25. The van der Waals surface area contributed by atoms with Crippen LogP contribution in [0.4, 0.5) is 11.4 Å². The van der Waals surface area contributed by atoms with E-state index >= 15 is 0 Å². The monoisotopic (exact) mass is 432 g/mol. The van der Waals surface area contributed by atoms with Crippen LogP contribution in [-0.4, -0.2) is 62.7 Å². The number of nitrogens with zero attached hydrogens (tertiary/aromatic N) is 3. The summed E-state index contributed by atoms with van der Waals surface area (Å²) in [6.07, 6.45) is 0. The van der Waals surface area contributed by atoms with Crippen LogP contribution in [0.2, 0.25) is 5.02 Å². The van der Waals surface area contributed by atoms with Crippen LogP contribution in [0.25, 0.3) is 0 Å². The Bertz CT molecular complexity index is 916. The Balaban J connectivity index is 1.85. The van der Waals surface area contributed by atoms with Gasteiger partial charge in [0.25, 0.3) is 11.6 Å². The highest BCUT2D eigenvalue weighted by Crippen LogP contribution is 2.29. The molecule has 0 saturated carbocycles. The Labute approximate surface area is 180 Å². The average molecular weight is 433 g/mol. The molecule has 0 aliphatic carbocycles. The molecule has 1 atom stereocenters. The Hall–Kier alpha value is -2.68. The van der Waals surface area contributed by atoms with E-state index in [9.17, 15) is 14.9 Å². The summed E-state index contributed by atoms with van der Waals surface area (Å²) in [5.74, 6) is -0.368. The van der Waals surface area contributed by atoms with Gasteiger partial charge in [0.2, 0.25) is 0 Å². The highest BCUT2D eigenvalue weighted by atomic mass is 35.5. The van der Waals surface area contributed by atoms with Crippen molar-refractivity contribution < 1.29 is 14.5 Å². The third kappa shape index (κ3) is 5.08. The first-order valence-corrected chi connectivity index (χ1v) is 10.1. The molecule has 1 amide bonds. The van der Waals surface area contributed by atoms with Gasteiger partial charge in [-0.25, -0.2) is 0 Å². The Morgan fingerprint density at radius 2 is 1.97 bits per heavy atom. The van der Waals surface area contributed by atoms with Crippen molar-refractivity contribution in [1.29, 1.82) is 0 Å². The van der Waals surface area contributed by atoms with Crippen LogP contribution in [-0.2, 0) is 4.74 Å². The summed E-state index contributed by atoms with van der Waals surface area (Å²) < 4.78 is 5.46. The molecule has 0 aromatic heterocycles. The number of morpholine rings is 1. The van der Waals surface area contributed by atoms with E-state index in [0.717, 1.165) is 18.7 Å². The molecule has 0 spiro atoms. The highest BCUT2D eigenvalue weighted by Gasteiger charge is 2.26. The SMILES string of the molecule is CN(C)c1ccc([N+](=O)[O-])cc1C(=O)NCC(c1ccccc1Cl)N1CCOCC1. The number of carbonyl (C=O) groups excluding carboxylic acids is 1. The number of rotatable bonds is 7. The van der Waals surface area contributed by atoms with E-state index in [-0.39, 0.29) is 23.2 Å². The summed E-state index contributed by atoms with van der Waals surface area (Å²) >= 11 is 6.44. The molecule has 2 aromatic rings. The van der Waals surface area contributed by atoms with Crippen LogP contribution in [0.5, 0.6) is 0 Å². The van der Waals surface area contributed by atoms with Crippen molar-refractivity contribution in [3.8, 4) is 0 Å². The number of anilines is 1. The number of hydrogen-bond donors (Lipinski definition) is 1. The zero-order valence-electron chi connectivity index (χ0n) is 17.0. The van der Waals surface area contributed by atoms with Gasteiger partial charge in [0, 0.05) is 56.6 Å².